The van der Waals surface area contributed by atoms with E-state index in [0.717, 1.165) is 45.3 Å². The number of hydrogen-bond acceptors (Lipinski definition) is 5. The van der Waals surface area contributed by atoms with E-state index in [2.05, 4.69) is 10.1 Å². The van der Waals surface area contributed by atoms with Gasteiger partial charge in [0.2, 0.25) is 5.89 Å². The molecular weight excluding hydrogens is 442 g/mol. The fourth-order valence-electron chi connectivity index (χ4n) is 3.84. The van der Waals surface area contributed by atoms with Crippen LogP contribution in [-0.2, 0) is 17.9 Å². The minimum Gasteiger partial charge on any atom is -0.487 e. The van der Waals surface area contributed by atoms with Crippen LogP contribution >= 0.6 is 0 Å². The van der Waals surface area contributed by atoms with Gasteiger partial charge in [-0.2, -0.15) is 5.10 Å². The van der Waals surface area contributed by atoms with E-state index in [0.29, 0.717) is 31.0 Å². The Morgan fingerprint density at radius 2 is 1.80 bits per heavy atom. The third-order valence-electron chi connectivity index (χ3n) is 5.96. The predicted octanol–water partition coefficient (Wildman–Crippen LogP) is 5.97. The number of carboxylic acids is 1. The highest BCUT2D eigenvalue weighted by Gasteiger charge is 2.14. The van der Waals surface area contributed by atoms with Crippen molar-refractivity contribution in [3.8, 4) is 17.2 Å². The molecule has 0 bridgehead atoms. The molecule has 0 aliphatic rings. The molecule has 4 aromatic rings. The van der Waals surface area contributed by atoms with E-state index in [1.165, 1.54) is 0 Å². The SMILES string of the molecule is CCC(=Cc1c(C)nn(Cc2ccc(OCc3nc(-c4ccccc4)oc3C)cc2)c1C)C(=O)O. The van der Waals surface area contributed by atoms with Crippen molar-refractivity contribution in [1.29, 1.82) is 0 Å². The first-order valence-corrected chi connectivity index (χ1v) is 11.6. The highest BCUT2D eigenvalue weighted by Crippen LogP contribution is 2.24. The van der Waals surface area contributed by atoms with E-state index in [-0.39, 0.29) is 0 Å². The molecule has 0 atom stereocenters. The highest BCUT2D eigenvalue weighted by molar-refractivity contribution is 5.92. The number of benzene rings is 2. The number of hydrogen-bond donors (Lipinski definition) is 1. The van der Waals surface area contributed by atoms with Crippen LogP contribution in [0.4, 0.5) is 0 Å². The van der Waals surface area contributed by atoms with Crippen LogP contribution in [0, 0.1) is 20.8 Å². The summed E-state index contributed by atoms with van der Waals surface area (Å²) in [5.74, 6) is 1.17. The van der Waals surface area contributed by atoms with Crippen LogP contribution in [0.2, 0.25) is 0 Å². The van der Waals surface area contributed by atoms with E-state index < -0.39 is 5.97 Å². The molecule has 0 unspecified atom stereocenters. The number of nitrogens with zero attached hydrogens (tertiary/aromatic N) is 3. The number of aryl methyl sites for hydroxylation is 2. The zero-order valence-electron chi connectivity index (χ0n) is 20.4. The Hall–Kier alpha value is -4.13. The second kappa shape index (κ2) is 10.4. The van der Waals surface area contributed by atoms with Crippen LogP contribution in [0.3, 0.4) is 0 Å². The highest BCUT2D eigenvalue weighted by atomic mass is 16.5. The molecule has 0 saturated heterocycles. The first-order valence-electron chi connectivity index (χ1n) is 11.6. The van der Waals surface area contributed by atoms with Gasteiger partial charge in [-0.25, -0.2) is 9.78 Å². The zero-order valence-corrected chi connectivity index (χ0v) is 20.4. The molecule has 0 amide bonds. The van der Waals surface area contributed by atoms with Crippen LogP contribution in [0.5, 0.6) is 5.75 Å². The van der Waals surface area contributed by atoms with Crippen molar-refractivity contribution < 1.29 is 19.1 Å². The second-order valence-electron chi connectivity index (χ2n) is 8.39. The number of ether oxygens (including phenoxy) is 1. The number of rotatable bonds is 9. The third kappa shape index (κ3) is 5.51. The maximum absolute atomic E-state index is 11.4. The second-order valence-corrected chi connectivity index (χ2v) is 8.39. The fourth-order valence-corrected chi connectivity index (χ4v) is 3.84. The Balaban J connectivity index is 1.42. The quantitative estimate of drug-likeness (QED) is 0.303. The van der Waals surface area contributed by atoms with Gasteiger partial charge < -0.3 is 14.3 Å². The summed E-state index contributed by atoms with van der Waals surface area (Å²) < 4.78 is 13.6. The van der Waals surface area contributed by atoms with Gasteiger partial charge in [0.15, 0.2) is 0 Å². The summed E-state index contributed by atoms with van der Waals surface area (Å²) in [4.78, 5) is 16.0. The number of oxazole rings is 1. The standard InChI is InChI=1S/C28H29N3O4/c1-5-22(28(32)33)15-25-18(2)30-31(19(25)3)16-21-11-13-24(14-12-21)34-17-26-20(4)35-27(29-26)23-9-7-6-8-10-23/h6-15H,5,16-17H2,1-4H3,(H,32,33). The molecule has 0 saturated carbocycles. The molecule has 2 aromatic carbocycles. The molecule has 4 rings (SSSR count). The molecule has 0 radical (unpaired) electrons. The number of aromatic nitrogens is 3. The van der Waals surface area contributed by atoms with Gasteiger partial charge in [0.25, 0.3) is 0 Å². The Kier molecular flexibility index (Phi) is 7.15. The minimum atomic E-state index is -0.897. The maximum atomic E-state index is 11.4. The average Bonchev–Trinajstić information content (AvgIpc) is 3.35. The summed E-state index contributed by atoms with van der Waals surface area (Å²) in [5, 5.41) is 14.0. The van der Waals surface area contributed by atoms with Gasteiger partial charge in [0.05, 0.1) is 12.2 Å². The largest absolute Gasteiger partial charge is 0.487 e. The van der Waals surface area contributed by atoms with Gasteiger partial charge in [-0.3, -0.25) is 4.68 Å². The summed E-state index contributed by atoms with van der Waals surface area (Å²) in [6, 6.07) is 17.6. The van der Waals surface area contributed by atoms with Crippen LogP contribution in [0.1, 0.15) is 47.3 Å². The van der Waals surface area contributed by atoms with Crippen LogP contribution in [-0.4, -0.2) is 25.8 Å². The summed E-state index contributed by atoms with van der Waals surface area (Å²) in [6.07, 6.45) is 2.19. The van der Waals surface area contributed by atoms with E-state index in [1.54, 1.807) is 6.08 Å². The van der Waals surface area contributed by atoms with E-state index in [1.807, 2.05) is 87.0 Å². The Labute approximate surface area is 204 Å². The molecule has 7 heteroatoms. The lowest BCUT2D eigenvalue weighted by molar-refractivity contribution is -0.132. The molecule has 35 heavy (non-hydrogen) atoms. The van der Waals surface area contributed by atoms with Gasteiger partial charge in [-0.1, -0.05) is 37.3 Å². The normalized spacial score (nSPS) is 11.6. The molecule has 0 aliphatic heterocycles. The number of carbonyl (C=O) groups is 1. The van der Waals surface area contributed by atoms with Crippen LogP contribution in [0.25, 0.3) is 17.5 Å². The minimum absolute atomic E-state index is 0.317. The molecule has 0 fully saturated rings. The lowest BCUT2D eigenvalue weighted by Crippen LogP contribution is -2.04. The number of aliphatic carboxylic acids is 1. The van der Waals surface area contributed by atoms with Crippen molar-refractivity contribution in [2.24, 2.45) is 0 Å². The zero-order chi connectivity index (χ0) is 24.9. The molecule has 1 N–H and O–H groups in total. The summed E-state index contributed by atoms with van der Waals surface area (Å²) >= 11 is 0. The van der Waals surface area contributed by atoms with Crippen molar-refractivity contribution in [1.82, 2.24) is 14.8 Å². The first kappa shape index (κ1) is 24.0. The monoisotopic (exact) mass is 471 g/mol. The van der Waals surface area contributed by atoms with Crippen LogP contribution in [0.15, 0.2) is 64.6 Å². The van der Waals surface area contributed by atoms with Crippen LogP contribution < -0.4 is 4.74 Å². The van der Waals surface area contributed by atoms with Crippen molar-refractivity contribution in [2.75, 3.05) is 0 Å². The molecule has 0 spiro atoms. The topological polar surface area (TPSA) is 90.4 Å². The van der Waals surface area contributed by atoms with Crippen molar-refractivity contribution in [3.05, 3.63) is 94.1 Å². The average molecular weight is 472 g/mol. The predicted molar refractivity (Wildman–Crippen MR) is 134 cm³/mol. The fraction of sp³-hybridized carbons (Fsp3) is 0.250. The molecule has 7 nitrogen and oxygen atoms in total. The Morgan fingerprint density at radius 1 is 1.09 bits per heavy atom. The first-order chi connectivity index (χ1) is 16.9. The number of carboxylic acid groups (broad SMARTS) is 1. The lowest BCUT2D eigenvalue weighted by atomic mass is 10.1. The van der Waals surface area contributed by atoms with Gasteiger partial charge in [-0.15, -0.1) is 0 Å². The van der Waals surface area contributed by atoms with E-state index in [4.69, 9.17) is 9.15 Å². The molecular formula is C28H29N3O4. The van der Waals surface area contributed by atoms with E-state index in [9.17, 15) is 9.90 Å². The summed E-state index contributed by atoms with van der Waals surface area (Å²) in [6.45, 7) is 8.48. The Morgan fingerprint density at radius 3 is 2.46 bits per heavy atom. The molecule has 2 aromatic heterocycles. The van der Waals surface area contributed by atoms with Gasteiger partial charge >= 0.3 is 5.97 Å². The van der Waals surface area contributed by atoms with Crippen molar-refractivity contribution >= 4 is 12.0 Å². The maximum Gasteiger partial charge on any atom is 0.331 e. The van der Waals surface area contributed by atoms with E-state index >= 15 is 0 Å². The summed E-state index contributed by atoms with van der Waals surface area (Å²) in [7, 11) is 0. The third-order valence-corrected chi connectivity index (χ3v) is 5.96. The Bertz CT molecular complexity index is 1350. The van der Waals surface area contributed by atoms with Gasteiger partial charge in [-0.05, 0) is 63.1 Å². The molecule has 2 heterocycles. The summed E-state index contributed by atoms with van der Waals surface area (Å²) in [5.41, 5.74) is 5.75. The molecule has 180 valence electrons. The van der Waals surface area contributed by atoms with Gasteiger partial charge in [0, 0.05) is 22.4 Å². The van der Waals surface area contributed by atoms with Crippen molar-refractivity contribution in [2.45, 2.75) is 47.3 Å². The smallest absolute Gasteiger partial charge is 0.331 e. The lowest BCUT2D eigenvalue weighted by Gasteiger charge is -2.08. The van der Waals surface area contributed by atoms with Gasteiger partial charge in [0.1, 0.15) is 23.8 Å². The molecule has 0 aliphatic carbocycles. The van der Waals surface area contributed by atoms with Crippen molar-refractivity contribution in [3.63, 3.8) is 0 Å².